The third-order valence-electron chi connectivity index (χ3n) is 5.26. The van der Waals surface area contributed by atoms with E-state index in [-0.39, 0.29) is 30.5 Å². The van der Waals surface area contributed by atoms with Crippen molar-refractivity contribution in [2.45, 2.75) is 70.7 Å². The van der Waals surface area contributed by atoms with Gasteiger partial charge in [-0.1, -0.05) is 27.2 Å². The van der Waals surface area contributed by atoms with E-state index in [2.05, 4.69) is 24.5 Å². The van der Waals surface area contributed by atoms with Gasteiger partial charge in [0, 0.05) is 14.2 Å². The van der Waals surface area contributed by atoms with Gasteiger partial charge in [0.1, 0.15) is 0 Å². The predicted molar refractivity (Wildman–Crippen MR) is 97.1 cm³/mol. The van der Waals surface area contributed by atoms with Crippen molar-refractivity contribution in [1.29, 1.82) is 0 Å². The summed E-state index contributed by atoms with van der Waals surface area (Å²) < 4.78 is 5.57. The molecule has 7 heteroatoms. The maximum absolute atomic E-state index is 12.6. The number of ether oxygens (including phenoxy) is 1. The minimum Gasteiger partial charge on any atom is -0.393 e. The number of piperidine rings is 1. The number of likely N-dealkylation sites (N-methyl/N-ethyl adjacent to an activating group) is 1. The largest absolute Gasteiger partial charge is 0.393 e. The lowest BCUT2D eigenvalue weighted by molar-refractivity contribution is -0.138. The predicted octanol–water partition coefficient (Wildman–Crippen LogP) is 0.514. The van der Waals surface area contributed by atoms with Crippen LogP contribution in [0.5, 0.6) is 0 Å². The quantitative estimate of drug-likeness (QED) is 0.559. The summed E-state index contributed by atoms with van der Waals surface area (Å²) in [6, 6.07) is -0.464. The second kappa shape index (κ2) is 10.7. The van der Waals surface area contributed by atoms with Crippen LogP contribution in [-0.4, -0.2) is 73.4 Å². The zero-order chi connectivity index (χ0) is 19.0. The smallest absolute Gasteiger partial charge is 0.242 e. The molecule has 0 radical (unpaired) electrons. The topological polar surface area (TPSA) is 90.9 Å². The van der Waals surface area contributed by atoms with Crippen LogP contribution in [0.4, 0.5) is 0 Å². The fourth-order valence-electron chi connectivity index (χ4n) is 3.46. The van der Waals surface area contributed by atoms with Gasteiger partial charge in [0.15, 0.2) is 0 Å². The molecular formula is C18H35N3O4. The highest BCUT2D eigenvalue weighted by molar-refractivity contribution is 5.87. The summed E-state index contributed by atoms with van der Waals surface area (Å²) in [5, 5.41) is 15.4. The Balaban J connectivity index is 2.62. The van der Waals surface area contributed by atoms with Gasteiger partial charge in [-0.2, -0.15) is 0 Å². The number of nitrogens with zero attached hydrogens (tertiary/aromatic N) is 1. The van der Waals surface area contributed by atoms with Gasteiger partial charge in [0.05, 0.1) is 30.8 Å². The van der Waals surface area contributed by atoms with Crippen molar-refractivity contribution >= 4 is 11.8 Å². The van der Waals surface area contributed by atoms with Gasteiger partial charge in [-0.05, 0) is 31.7 Å². The molecule has 5 atom stereocenters. The molecule has 146 valence electrons. The Morgan fingerprint density at radius 2 is 2.04 bits per heavy atom. The van der Waals surface area contributed by atoms with Crippen molar-refractivity contribution in [3.8, 4) is 0 Å². The van der Waals surface area contributed by atoms with E-state index in [1.54, 1.807) is 19.1 Å². The third-order valence-corrected chi connectivity index (χ3v) is 5.26. The first kappa shape index (κ1) is 21.9. The standard InChI is InChI=1S/C18H35N3O4/c1-6-12(3)17(15(7-2)25-5)21(4)16(23)11-20-18(24)14-10-13(22)8-9-19-14/h12-15,17,19,22H,6-11H2,1-5H3,(H,20,24). The average molecular weight is 357 g/mol. The lowest BCUT2D eigenvalue weighted by atomic mass is 9.91. The SMILES string of the molecule is CCC(C)C(C(CC)OC)N(C)C(=O)CNC(=O)C1CC(O)CCN1. The van der Waals surface area contributed by atoms with Crippen LogP contribution in [0.3, 0.4) is 0 Å². The summed E-state index contributed by atoms with van der Waals surface area (Å²) in [6.07, 6.45) is 2.30. The molecule has 0 aromatic rings. The lowest BCUT2D eigenvalue weighted by Gasteiger charge is -2.37. The first-order chi connectivity index (χ1) is 11.8. The summed E-state index contributed by atoms with van der Waals surface area (Å²) in [7, 11) is 3.44. The van der Waals surface area contributed by atoms with Crippen molar-refractivity contribution in [2.75, 3.05) is 27.2 Å². The molecule has 1 heterocycles. The van der Waals surface area contributed by atoms with Crippen molar-refractivity contribution in [3.63, 3.8) is 0 Å². The molecule has 0 aromatic carbocycles. The number of hydrogen-bond acceptors (Lipinski definition) is 5. The Bertz CT molecular complexity index is 429. The van der Waals surface area contributed by atoms with E-state index in [0.29, 0.717) is 25.3 Å². The Morgan fingerprint density at radius 3 is 2.56 bits per heavy atom. The third kappa shape index (κ3) is 6.24. The van der Waals surface area contributed by atoms with Crippen LogP contribution in [-0.2, 0) is 14.3 Å². The molecule has 7 nitrogen and oxygen atoms in total. The molecule has 1 fully saturated rings. The maximum Gasteiger partial charge on any atom is 0.242 e. The van der Waals surface area contributed by atoms with Crippen LogP contribution in [0.15, 0.2) is 0 Å². The molecule has 0 spiro atoms. The van der Waals surface area contributed by atoms with Crippen LogP contribution < -0.4 is 10.6 Å². The zero-order valence-electron chi connectivity index (χ0n) is 16.2. The summed E-state index contributed by atoms with van der Waals surface area (Å²) in [5.41, 5.74) is 0. The molecule has 0 aromatic heterocycles. The van der Waals surface area contributed by atoms with Crippen LogP contribution in [0.1, 0.15) is 46.5 Å². The highest BCUT2D eigenvalue weighted by Crippen LogP contribution is 2.21. The number of nitrogens with one attached hydrogen (secondary N) is 2. The molecule has 1 aliphatic rings. The molecule has 1 rings (SSSR count). The molecule has 0 saturated carbocycles. The van der Waals surface area contributed by atoms with Crippen molar-refractivity contribution in [3.05, 3.63) is 0 Å². The van der Waals surface area contributed by atoms with Gasteiger partial charge in [0.25, 0.3) is 0 Å². The normalized spacial score (nSPS) is 24.2. The molecule has 3 N–H and O–H groups in total. The number of methoxy groups -OCH3 is 1. The highest BCUT2D eigenvalue weighted by atomic mass is 16.5. The van der Waals surface area contributed by atoms with Gasteiger partial charge < -0.3 is 25.4 Å². The monoisotopic (exact) mass is 357 g/mol. The van der Waals surface area contributed by atoms with Crippen LogP contribution in [0, 0.1) is 5.92 Å². The fraction of sp³-hybridized carbons (Fsp3) is 0.889. The number of rotatable bonds is 9. The second-order valence-electron chi connectivity index (χ2n) is 6.97. The van der Waals surface area contributed by atoms with Gasteiger partial charge in [-0.15, -0.1) is 0 Å². The summed E-state index contributed by atoms with van der Waals surface area (Å²) in [5.74, 6) is -0.0745. The fourth-order valence-corrected chi connectivity index (χ4v) is 3.46. The Hall–Kier alpha value is -1.18. The highest BCUT2D eigenvalue weighted by Gasteiger charge is 2.32. The number of aliphatic hydroxyl groups is 1. The van der Waals surface area contributed by atoms with E-state index in [1.807, 2.05) is 6.92 Å². The van der Waals surface area contributed by atoms with E-state index in [4.69, 9.17) is 4.74 Å². The number of carbonyl (C=O) groups is 2. The maximum atomic E-state index is 12.6. The Morgan fingerprint density at radius 1 is 1.36 bits per heavy atom. The van der Waals surface area contributed by atoms with Crippen molar-refractivity contribution in [1.82, 2.24) is 15.5 Å². The minimum atomic E-state index is -0.461. The number of amides is 2. The van der Waals surface area contributed by atoms with Gasteiger partial charge in [-0.3, -0.25) is 9.59 Å². The Labute approximate surface area is 151 Å². The van der Waals surface area contributed by atoms with Crippen molar-refractivity contribution in [2.24, 2.45) is 5.92 Å². The van der Waals surface area contributed by atoms with Crippen LogP contribution in [0.2, 0.25) is 0 Å². The molecule has 1 aliphatic heterocycles. The van der Waals surface area contributed by atoms with Crippen LogP contribution in [0.25, 0.3) is 0 Å². The summed E-state index contributed by atoms with van der Waals surface area (Å²) >= 11 is 0. The molecule has 1 saturated heterocycles. The second-order valence-corrected chi connectivity index (χ2v) is 6.97. The van der Waals surface area contributed by atoms with E-state index < -0.39 is 12.1 Å². The summed E-state index contributed by atoms with van der Waals surface area (Å²) in [4.78, 5) is 26.5. The van der Waals surface area contributed by atoms with Crippen molar-refractivity contribution < 1.29 is 19.4 Å². The summed E-state index contributed by atoms with van der Waals surface area (Å²) in [6.45, 7) is 6.82. The minimum absolute atomic E-state index is 0.0287. The zero-order valence-corrected chi connectivity index (χ0v) is 16.2. The molecule has 0 bridgehead atoms. The van der Waals surface area contributed by atoms with Crippen LogP contribution >= 0.6 is 0 Å². The average Bonchev–Trinajstić information content (AvgIpc) is 2.62. The van der Waals surface area contributed by atoms with E-state index >= 15 is 0 Å². The molecule has 0 aliphatic carbocycles. The number of hydrogen-bond donors (Lipinski definition) is 3. The lowest BCUT2D eigenvalue weighted by Crippen LogP contribution is -2.54. The van der Waals surface area contributed by atoms with Gasteiger partial charge in [0.2, 0.25) is 11.8 Å². The van der Waals surface area contributed by atoms with Gasteiger partial charge >= 0.3 is 0 Å². The molecule has 2 amide bonds. The molecule has 5 unspecified atom stereocenters. The first-order valence-corrected chi connectivity index (χ1v) is 9.33. The Kier molecular flexibility index (Phi) is 9.38. The molecule has 25 heavy (non-hydrogen) atoms. The van der Waals surface area contributed by atoms with E-state index in [1.165, 1.54) is 0 Å². The number of aliphatic hydroxyl groups excluding tert-OH is 1. The number of carbonyl (C=O) groups excluding carboxylic acids is 2. The van der Waals surface area contributed by atoms with E-state index in [0.717, 1.165) is 12.8 Å². The molecular weight excluding hydrogens is 322 g/mol. The van der Waals surface area contributed by atoms with Gasteiger partial charge in [-0.25, -0.2) is 0 Å². The first-order valence-electron chi connectivity index (χ1n) is 9.33. The van der Waals surface area contributed by atoms with E-state index in [9.17, 15) is 14.7 Å².